The van der Waals surface area contributed by atoms with Crippen molar-refractivity contribution < 1.29 is 9.53 Å². The van der Waals surface area contributed by atoms with E-state index in [9.17, 15) is 4.79 Å². The van der Waals surface area contributed by atoms with Gasteiger partial charge in [0.05, 0.1) is 22.9 Å². The minimum Gasteiger partial charge on any atom is -0.376 e. The van der Waals surface area contributed by atoms with Crippen LogP contribution in [0.1, 0.15) is 12.8 Å². The number of hydrogen-bond acceptors (Lipinski definition) is 5. The van der Waals surface area contributed by atoms with Crippen molar-refractivity contribution in [1.29, 1.82) is 0 Å². The van der Waals surface area contributed by atoms with E-state index in [4.69, 9.17) is 4.74 Å². The highest BCUT2D eigenvalue weighted by atomic mass is 32.2. The second-order valence-electron chi connectivity index (χ2n) is 5.49. The van der Waals surface area contributed by atoms with Gasteiger partial charge >= 0.3 is 0 Å². The summed E-state index contributed by atoms with van der Waals surface area (Å²) in [5.41, 5.74) is 1.89. The molecule has 3 heterocycles. The van der Waals surface area contributed by atoms with Gasteiger partial charge in [-0.2, -0.15) is 0 Å². The van der Waals surface area contributed by atoms with E-state index in [0.717, 1.165) is 35.6 Å². The molecular weight excluding hydrogens is 314 g/mol. The standard InChI is InChI=1S/C15H17N5O2S/c21-13(16-8-10-4-3-7-22-10)9-23-15-19-18-14-17-11-5-1-2-6-12(11)20(14)15/h1-2,5-6,10H,3-4,7-9H2,(H,16,21)(H,17,18). The number of para-hydroxylation sites is 2. The topological polar surface area (TPSA) is 84.3 Å². The molecule has 0 aliphatic carbocycles. The van der Waals surface area contributed by atoms with Crippen LogP contribution in [0.25, 0.3) is 16.8 Å². The molecule has 1 aliphatic heterocycles. The van der Waals surface area contributed by atoms with Crippen molar-refractivity contribution >= 4 is 34.5 Å². The zero-order valence-corrected chi connectivity index (χ0v) is 13.3. The Bertz CT molecular complexity index is 837. The highest BCUT2D eigenvalue weighted by Crippen LogP contribution is 2.22. The maximum atomic E-state index is 12.0. The van der Waals surface area contributed by atoms with Crippen LogP contribution in [0, 0.1) is 0 Å². The lowest BCUT2D eigenvalue weighted by Gasteiger charge is -2.10. The predicted molar refractivity (Wildman–Crippen MR) is 87.6 cm³/mol. The molecule has 1 aliphatic rings. The number of benzene rings is 1. The second kappa shape index (κ2) is 6.21. The molecule has 0 radical (unpaired) electrons. The van der Waals surface area contributed by atoms with Crippen molar-refractivity contribution in [3.8, 4) is 0 Å². The zero-order chi connectivity index (χ0) is 15.6. The summed E-state index contributed by atoms with van der Waals surface area (Å²) in [6.45, 7) is 1.39. The number of ether oxygens (including phenoxy) is 1. The summed E-state index contributed by atoms with van der Waals surface area (Å²) in [6.07, 6.45) is 2.27. The molecule has 120 valence electrons. The summed E-state index contributed by atoms with van der Waals surface area (Å²) < 4.78 is 7.44. The van der Waals surface area contributed by atoms with Gasteiger partial charge in [-0.1, -0.05) is 23.9 Å². The van der Waals surface area contributed by atoms with Gasteiger partial charge in [0.25, 0.3) is 0 Å². The van der Waals surface area contributed by atoms with Crippen LogP contribution in [-0.4, -0.2) is 50.5 Å². The number of thioether (sulfide) groups is 1. The van der Waals surface area contributed by atoms with Crippen molar-refractivity contribution in [3.05, 3.63) is 24.3 Å². The lowest BCUT2D eigenvalue weighted by atomic mass is 10.2. The molecule has 4 rings (SSSR count). The van der Waals surface area contributed by atoms with Crippen molar-refractivity contribution in [3.63, 3.8) is 0 Å². The van der Waals surface area contributed by atoms with Gasteiger partial charge in [0.15, 0.2) is 5.16 Å². The third-order valence-electron chi connectivity index (χ3n) is 3.89. The minimum atomic E-state index is -0.00827. The molecule has 1 unspecified atom stereocenters. The molecule has 1 fully saturated rings. The van der Waals surface area contributed by atoms with Gasteiger partial charge in [0, 0.05) is 13.2 Å². The molecule has 1 aromatic carbocycles. The Kier molecular flexibility index (Phi) is 3.92. The number of carbonyl (C=O) groups is 1. The fraction of sp³-hybridized carbons (Fsp3) is 0.400. The number of imidazole rings is 1. The zero-order valence-electron chi connectivity index (χ0n) is 12.5. The average molecular weight is 331 g/mol. The van der Waals surface area contributed by atoms with Crippen molar-refractivity contribution in [2.75, 3.05) is 18.9 Å². The number of nitrogens with zero attached hydrogens (tertiary/aromatic N) is 3. The summed E-state index contributed by atoms with van der Waals surface area (Å²) in [5, 5.41) is 10.8. The van der Waals surface area contributed by atoms with Crippen LogP contribution >= 0.6 is 11.8 Å². The summed E-state index contributed by atoms with van der Waals surface area (Å²) in [7, 11) is 0. The number of rotatable bonds is 5. The third kappa shape index (κ3) is 2.91. The molecular formula is C15H17N5O2S. The number of H-pyrrole nitrogens is 1. The van der Waals surface area contributed by atoms with E-state index < -0.39 is 0 Å². The number of aromatic amines is 1. The van der Waals surface area contributed by atoms with Gasteiger partial charge in [-0.25, -0.2) is 10.1 Å². The lowest BCUT2D eigenvalue weighted by Crippen LogP contribution is -2.32. The number of nitrogens with one attached hydrogen (secondary N) is 2. The van der Waals surface area contributed by atoms with Crippen molar-refractivity contribution in [2.45, 2.75) is 24.1 Å². The maximum Gasteiger partial charge on any atom is 0.231 e. The SMILES string of the molecule is O=C(CSc1n[nH]c2nc3ccccc3n12)NCC1CCCO1. The monoisotopic (exact) mass is 331 g/mol. The summed E-state index contributed by atoms with van der Waals surface area (Å²) in [4.78, 5) is 16.4. The number of carbonyl (C=O) groups excluding carboxylic acids is 1. The van der Waals surface area contributed by atoms with Crippen LogP contribution in [0.15, 0.2) is 29.4 Å². The fourth-order valence-electron chi connectivity index (χ4n) is 2.75. The molecule has 0 spiro atoms. The first-order valence-electron chi connectivity index (χ1n) is 7.64. The molecule has 0 bridgehead atoms. The van der Waals surface area contributed by atoms with E-state index in [2.05, 4.69) is 20.5 Å². The van der Waals surface area contributed by atoms with Gasteiger partial charge in [0.2, 0.25) is 11.7 Å². The van der Waals surface area contributed by atoms with Crippen LogP contribution in [0.3, 0.4) is 0 Å². The summed E-state index contributed by atoms with van der Waals surface area (Å²) >= 11 is 1.39. The van der Waals surface area contributed by atoms with Crippen LogP contribution < -0.4 is 5.32 Å². The molecule has 23 heavy (non-hydrogen) atoms. The van der Waals surface area contributed by atoms with E-state index in [0.29, 0.717) is 18.1 Å². The Balaban J connectivity index is 1.42. The Labute approximate surface area is 136 Å². The Morgan fingerprint density at radius 1 is 1.48 bits per heavy atom. The number of amides is 1. The molecule has 1 saturated heterocycles. The number of fused-ring (bicyclic) bond motifs is 3. The van der Waals surface area contributed by atoms with Gasteiger partial charge in [-0.15, -0.1) is 5.10 Å². The molecule has 1 amide bonds. The van der Waals surface area contributed by atoms with Crippen LogP contribution in [0.2, 0.25) is 0 Å². The van der Waals surface area contributed by atoms with Gasteiger partial charge in [0.1, 0.15) is 0 Å². The summed E-state index contributed by atoms with van der Waals surface area (Å²) in [5.74, 6) is 0.999. The number of hydrogen-bond donors (Lipinski definition) is 2. The maximum absolute atomic E-state index is 12.0. The largest absolute Gasteiger partial charge is 0.376 e. The molecule has 3 aromatic rings. The van der Waals surface area contributed by atoms with Gasteiger partial charge in [-0.05, 0) is 25.0 Å². The molecule has 0 saturated carbocycles. The molecule has 1 atom stereocenters. The fourth-order valence-corrected chi connectivity index (χ4v) is 3.54. The van der Waals surface area contributed by atoms with Crippen LogP contribution in [0.5, 0.6) is 0 Å². The summed E-state index contributed by atoms with van der Waals surface area (Å²) in [6, 6.07) is 7.87. The van der Waals surface area contributed by atoms with Crippen LogP contribution in [-0.2, 0) is 9.53 Å². The van der Waals surface area contributed by atoms with Gasteiger partial charge in [-0.3, -0.25) is 9.20 Å². The number of aromatic nitrogens is 4. The normalized spacial score (nSPS) is 18.0. The molecule has 8 heteroatoms. The minimum absolute atomic E-state index is 0.00827. The van der Waals surface area contributed by atoms with E-state index in [1.54, 1.807) is 0 Å². The molecule has 2 aromatic heterocycles. The quantitative estimate of drug-likeness (QED) is 0.694. The highest BCUT2D eigenvalue weighted by Gasteiger charge is 2.17. The van der Waals surface area contributed by atoms with E-state index in [-0.39, 0.29) is 12.0 Å². The Hall–Kier alpha value is -2.06. The first-order valence-corrected chi connectivity index (χ1v) is 8.62. The molecule has 2 N–H and O–H groups in total. The van der Waals surface area contributed by atoms with Crippen molar-refractivity contribution in [1.82, 2.24) is 24.9 Å². The Morgan fingerprint density at radius 2 is 2.39 bits per heavy atom. The van der Waals surface area contributed by atoms with Gasteiger partial charge < -0.3 is 10.1 Å². The van der Waals surface area contributed by atoms with E-state index in [1.807, 2.05) is 28.7 Å². The van der Waals surface area contributed by atoms with Crippen molar-refractivity contribution in [2.24, 2.45) is 0 Å². The smallest absolute Gasteiger partial charge is 0.231 e. The lowest BCUT2D eigenvalue weighted by molar-refractivity contribution is -0.119. The predicted octanol–water partition coefficient (Wildman–Crippen LogP) is 1.60. The first-order chi connectivity index (χ1) is 11.3. The third-order valence-corrected chi connectivity index (χ3v) is 4.83. The molecule has 7 nitrogen and oxygen atoms in total. The highest BCUT2D eigenvalue weighted by molar-refractivity contribution is 7.99. The Morgan fingerprint density at radius 3 is 3.26 bits per heavy atom. The first kappa shape index (κ1) is 14.5. The average Bonchev–Trinajstić information content (AvgIpc) is 3.27. The second-order valence-corrected chi connectivity index (χ2v) is 6.44. The van der Waals surface area contributed by atoms with E-state index in [1.165, 1.54) is 11.8 Å². The van der Waals surface area contributed by atoms with E-state index >= 15 is 0 Å². The van der Waals surface area contributed by atoms with Crippen LogP contribution in [0.4, 0.5) is 0 Å².